The van der Waals surface area contributed by atoms with E-state index in [0.29, 0.717) is 6.42 Å². The van der Waals surface area contributed by atoms with Gasteiger partial charge in [0.05, 0.1) is 41.3 Å². The first-order chi connectivity index (χ1) is 14.5. The van der Waals surface area contributed by atoms with Gasteiger partial charge in [0, 0.05) is 12.5 Å². The summed E-state index contributed by atoms with van der Waals surface area (Å²) in [4.78, 5) is 27.5. The zero-order chi connectivity index (χ0) is 23.6. The zero-order valence-corrected chi connectivity index (χ0v) is 22.9. The summed E-state index contributed by atoms with van der Waals surface area (Å²) in [5.41, 5.74) is 0. The number of quaternary nitrogens is 2. The van der Waals surface area contributed by atoms with E-state index in [-0.39, 0.29) is 6.04 Å². The third kappa shape index (κ3) is 23.0. The first-order valence-corrected chi connectivity index (χ1v) is 15.3. The normalized spacial score (nSPS) is 13.2. The van der Waals surface area contributed by atoms with Gasteiger partial charge in [-0.25, -0.2) is 0 Å². The number of unbranched alkanes of at least 4 members (excludes halogenated alkanes) is 13. The van der Waals surface area contributed by atoms with Crippen molar-refractivity contribution >= 4 is 8.80 Å². The maximum absolute atomic E-state index is 9.17. The van der Waals surface area contributed by atoms with Crippen molar-refractivity contribution in [2.75, 3.05) is 54.4 Å². The number of rotatable bonds is 22. The summed E-state index contributed by atoms with van der Waals surface area (Å²) < 4.78 is 1.92. The molecule has 0 aliphatic heterocycles. The van der Waals surface area contributed by atoms with Crippen LogP contribution in [-0.4, -0.2) is 86.5 Å². The highest BCUT2D eigenvalue weighted by Crippen LogP contribution is 2.14. The largest absolute Gasteiger partial charge is 0.492 e. The molecule has 0 saturated heterocycles. The van der Waals surface area contributed by atoms with Crippen molar-refractivity contribution in [3.8, 4) is 0 Å². The quantitative estimate of drug-likeness (QED) is 0.121. The van der Waals surface area contributed by atoms with E-state index in [0.717, 1.165) is 28.6 Å². The second-order valence-electron chi connectivity index (χ2n) is 11.2. The number of hydrogen-bond donors (Lipinski definition) is 3. The van der Waals surface area contributed by atoms with Gasteiger partial charge in [-0.1, -0.05) is 84.0 Å². The van der Waals surface area contributed by atoms with Gasteiger partial charge < -0.3 is 23.4 Å². The van der Waals surface area contributed by atoms with Crippen LogP contribution in [0.3, 0.4) is 0 Å². The summed E-state index contributed by atoms with van der Waals surface area (Å²) in [7, 11) is 5.17. The van der Waals surface area contributed by atoms with E-state index in [2.05, 4.69) is 35.1 Å². The molecule has 3 N–H and O–H groups in total. The van der Waals surface area contributed by atoms with Crippen molar-refractivity contribution in [1.29, 1.82) is 0 Å². The van der Waals surface area contributed by atoms with Crippen molar-refractivity contribution < 1.29 is 23.4 Å². The monoisotopic (exact) mass is 462 g/mol. The third-order valence-corrected chi connectivity index (χ3v) is 7.73. The average molecular weight is 463 g/mol. The fourth-order valence-corrected chi connectivity index (χ4v) is 4.88. The molecule has 0 heterocycles. The van der Waals surface area contributed by atoms with E-state index in [1.807, 2.05) is 0 Å². The Morgan fingerprint density at radius 3 is 1.13 bits per heavy atom. The fourth-order valence-electron chi connectivity index (χ4n) is 4.24. The van der Waals surface area contributed by atoms with E-state index < -0.39 is 8.80 Å². The van der Waals surface area contributed by atoms with Crippen LogP contribution < -0.4 is 0 Å². The van der Waals surface area contributed by atoms with Crippen molar-refractivity contribution in [2.45, 2.75) is 109 Å². The maximum Gasteiger partial charge on any atom is 0.492 e. The van der Waals surface area contributed by atoms with Gasteiger partial charge in [-0.2, -0.15) is 0 Å². The molecule has 31 heavy (non-hydrogen) atoms. The summed E-state index contributed by atoms with van der Waals surface area (Å²) in [6, 6.07) is 0.145. The van der Waals surface area contributed by atoms with Gasteiger partial charge in [-0.05, 0) is 12.8 Å². The minimum Gasteiger partial charge on any atom is -0.390 e. The van der Waals surface area contributed by atoms with Crippen LogP contribution in [0.25, 0.3) is 0 Å². The summed E-state index contributed by atoms with van der Waals surface area (Å²) >= 11 is 0. The van der Waals surface area contributed by atoms with Crippen molar-refractivity contribution in [3.05, 3.63) is 0 Å². The van der Waals surface area contributed by atoms with Crippen LogP contribution in [0.2, 0.25) is 6.04 Å². The molecule has 6 heteroatoms. The van der Waals surface area contributed by atoms with E-state index in [1.54, 1.807) is 0 Å². The van der Waals surface area contributed by atoms with Crippen LogP contribution in [0.15, 0.2) is 0 Å². The lowest BCUT2D eigenvalue weighted by molar-refractivity contribution is -0.946. The second-order valence-corrected chi connectivity index (χ2v) is 13.3. The van der Waals surface area contributed by atoms with Crippen molar-refractivity contribution in [2.24, 2.45) is 0 Å². The second kappa shape index (κ2) is 17.5. The molecule has 0 aliphatic rings. The van der Waals surface area contributed by atoms with Crippen LogP contribution in [0.5, 0.6) is 0 Å². The Morgan fingerprint density at radius 2 is 0.774 bits per heavy atom. The molecule has 0 bridgehead atoms. The van der Waals surface area contributed by atoms with E-state index in [1.165, 1.54) is 96.4 Å². The molecule has 188 valence electrons. The first-order valence-electron chi connectivity index (χ1n) is 13.3. The molecule has 0 spiro atoms. The molecule has 0 aromatic carbocycles. The fraction of sp³-hybridized carbons (Fsp3) is 1.00. The third-order valence-electron chi connectivity index (χ3n) is 6.70. The van der Waals surface area contributed by atoms with Gasteiger partial charge in [-0.15, -0.1) is 0 Å². The minimum absolute atomic E-state index is 0.145. The van der Waals surface area contributed by atoms with Gasteiger partial charge in [0.25, 0.3) is 0 Å². The smallest absolute Gasteiger partial charge is 0.390 e. The Hall–Kier alpha value is 0.0169. The highest BCUT2D eigenvalue weighted by Gasteiger charge is 2.28. The maximum atomic E-state index is 9.17. The van der Waals surface area contributed by atoms with Gasteiger partial charge in [0.2, 0.25) is 0 Å². The zero-order valence-electron chi connectivity index (χ0n) is 21.9. The highest BCUT2D eigenvalue weighted by atomic mass is 28.4. The SMILES string of the molecule is CCCCCCCCCCCCCCCC[N+](C)(C)CC[N+](C)(C)CCC[Si](O)(O)O. The lowest BCUT2D eigenvalue weighted by Gasteiger charge is -2.36. The van der Waals surface area contributed by atoms with E-state index in [4.69, 9.17) is 14.4 Å². The van der Waals surface area contributed by atoms with E-state index in [9.17, 15) is 0 Å². The number of likely N-dealkylation sites (N-methyl/N-ethyl adjacent to an activating group) is 2. The molecule has 0 rings (SSSR count). The summed E-state index contributed by atoms with van der Waals surface area (Å²) in [5.74, 6) is 0. The van der Waals surface area contributed by atoms with Gasteiger partial charge in [0.15, 0.2) is 0 Å². The molecule has 0 aliphatic carbocycles. The van der Waals surface area contributed by atoms with Crippen LogP contribution in [0, 0.1) is 0 Å². The first kappa shape index (κ1) is 31.0. The Labute approximate surface area is 196 Å². The molecule has 5 nitrogen and oxygen atoms in total. The van der Waals surface area contributed by atoms with Crippen LogP contribution in [-0.2, 0) is 0 Å². The van der Waals surface area contributed by atoms with Gasteiger partial charge >= 0.3 is 8.80 Å². The van der Waals surface area contributed by atoms with Gasteiger partial charge in [0.1, 0.15) is 13.1 Å². The molecule has 0 saturated carbocycles. The number of nitrogens with zero attached hydrogens (tertiary/aromatic N) is 2. The molecule has 0 fully saturated rings. The molecular formula is C25H58N2O3Si+2. The lowest BCUT2D eigenvalue weighted by Crippen LogP contribution is -2.51. The molecular weight excluding hydrogens is 404 g/mol. The summed E-state index contributed by atoms with van der Waals surface area (Å²) in [6.45, 7) is 6.59. The Balaban J connectivity index is 3.61. The topological polar surface area (TPSA) is 60.7 Å². The molecule has 0 aromatic heterocycles. The van der Waals surface area contributed by atoms with Crippen molar-refractivity contribution in [1.82, 2.24) is 0 Å². The summed E-state index contributed by atoms with van der Waals surface area (Å²) in [6.07, 6.45) is 20.4. The molecule has 0 aromatic rings. The molecule has 0 amide bonds. The standard InChI is InChI=1S/C25H58N2O3Si/c1-6-7-8-9-10-11-12-13-14-15-16-17-18-19-21-26(2,3)23-24-27(4,5)22-20-25-31(28,29)30/h28-30H,6-25H2,1-5H3/q+2. The summed E-state index contributed by atoms with van der Waals surface area (Å²) in [5, 5.41) is 0. The molecule has 0 radical (unpaired) electrons. The highest BCUT2D eigenvalue weighted by molar-refractivity contribution is 6.56. The Kier molecular flexibility index (Phi) is 17.5. The molecule has 0 atom stereocenters. The predicted molar refractivity (Wildman–Crippen MR) is 136 cm³/mol. The lowest BCUT2D eigenvalue weighted by atomic mass is 10.0. The van der Waals surface area contributed by atoms with Crippen LogP contribution >= 0.6 is 0 Å². The van der Waals surface area contributed by atoms with E-state index >= 15 is 0 Å². The molecule has 0 unspecified atom stereocenters. The minimum atomic E-state index is -3.88. The average Bonchev–Trinajstić information content (AvgIpc) is 2.66. The van der Waals surface area contributed by atoms with Crippen LogP contribution in [0.1, 0.15) is 103 Å². The number of hydrogen-bond acceptors (Lipinski definition) is 3. The van der Waals surface area contributed by atoms with Crippen molar-refractivity contribution in [3.63, 3.8) is 0 Å². The Bertz CT molecular complexity index is 412. The predicted octanol–water partition coefficient (Wildman–Crippen LogP) is 4.93. The van der Waals surface area contributed by atoms with Crippen LogP contribution in [0.4, 0.5) is 0 Å². The van der Waals surface area contributed by atoms with Gasteiger partial charge in [-0.3, -0.25) is 0 Å². The Morgan fingerprint density at radius 1 is 0.452 bits per heavy atom.